The Morgan fingerprint density at radius 2 is 1.97 bits per heavy atom. The number of anilines is 2. The molecule has 1 amide bonds. The minimum atomic E-state index is -1.11. The zero-order chi connectivity index (χ0) is 21.5. The van der Waals surface area contributed by atoms with Crippen molar-refractivity contribution in [3.05, 3.63) is 89.0 Å². The first-order chi connectivity index (χ1) is 14.5. The molecule has 2 aromatic carbocycles. The Balaban J connectivity index is 1.81. The van der Waals surface area contributed by atoms with Gasteiger partial charge in [0, 0.05) is 23.2 Å². The van der Waals surface area contributed by atoms with Gasteiger partial charge in [0.2, 0.25) is 6.10 Å². The van der Waals surface area contributed by atoms with E-state index in [1.54, 1.807) is 35.7 Å². The molecular weight excluding hydrogens is 398 g/mol. The molecule has 0 aliphatic carbocycles. The molecule has 1 unspecified atom stereocenters. The van der Waals surface area contributed by atoms with Crippen LogP contribution in [-0.4, -0.2) is 23.4 Å². The van der Waals surface area contributed by atoms with Crippen LogP contribution in [0.2, 0.25) is 0 Å². The van der Waals surface area contributed by atoms with E-state index in [-0.39, 0.29) is 5.69 Å². The summed E-state index contributed by atoms with van der Waals surface area (Å²) in [4.78, 5) is 30.0. The van der Waals surface area contributed by atoms with E-state index in [2.05, 4.69) is 22.2 Å². The predicted molar refractivity (Wildman–Crippen MR) is 120 cm³/mol. The fraction of sp³-hybridized carbons (Fsp3) is 0.174. The average molecular weight is 422 g/mol. The number of thiazole rings is 1. The Morgan fingerprint density at radius 3 is 2.70 bits per heavy atom. The van der Waals surface area contributed by atoms with Gasteiger partial charge < -0.3 is 15.4 Å². The molecule has 0 saturated carbocycles. The van der Waals surface area contributed by atoms with Gasteiger partial charge in [0.25, 0.3) is 5.91 Å². The standard InChI is InChI=1S/C23H23N3O3S/c1-4-12-24-23-26-19(14-30-23)22(28)29-20(17-8-6-5-7-9-17)21(27)25-18-13-15(2)10-11-16(18)3/h4-11,13-14,20H,1,12H2,2-3H3,(H,24,26)(H,25,27). The highest BCUT2D eigenvalue weighted by atomic mass is 32.1. The number of esters is 1. The smallest absolute Gasteiger partial charge is 0.359 e. The lowest BCUT2D eigenvalue weighted by Gasteiger charge is -2.18. The maximum Gasteiger partial charge on any atom is 0.359 e. The van der Waals surface area contributed by atoms with Gasteiger partial charge in [0.15, 0.2) is 10.8 Å². The first-order valence-electron chi connectivity index (χ1n) is 9.42. The van der Waals surface area contributed by atoms with Crippen LogP contribution in [0.5, 0.6) is 0 Å². The molecule has 6 nitrogen and oxygen atoms in total. The molecule has 3 rings (SSSR count). The van der Waals surface area contributed by atoms with Gasteiger partial charge in [0.1, 0.15) is 0 Å². The van der Waals surface area contributed by atoms with Crippen LogP contribution in [-0.2, 0) is 9.53 Å². The molecule has 154 valence electrons. The number of amides is 1. The molecular formula is C23H23N3O3S. The van der Waals surface area contributed by atoms with Gasteiger partial charge in [-0.2, -0.15) is 0 Å². The molecule has 0 fully saturated rings. The second-order valence-corrected chi connectivity index (χ2v) is 7.57. The normalized spacial score (nSPS) is 11.4. The second-order valence-electron chi connectivity index (χ2n) is 6.71. The number of carbonyl (C=O) groups excluding carboxylic acids is 2. The van der Waals surface area contributed by atoms with E-state index in [1.807, 2.05) is 38.1 Å². The Labute approximate surface area is 179 Å². The number of nitrogens with one attached hydrogen (secondary N) is 2. The number of rotatable bonds is 8. The van der Waals surface area contributed by atoms with Crippen LogP contribution < -0.4 is 10.6 Å². The number of hydrogen-bond donors (Lipinski definition) is 2. The molecule has 1 heterocycles. The molecule has 2 N–H and O–H groups in total. The molecule has 0 aliphatic rings. The lowest BCUT2D eigenvalue weighted by molar-refractivity contribution is -0.125. The van der Waals surface area contributed by atoms with Crippen LogP contribution in [0.4, 0.5) is 10.8 Å². The maximum atomic E-state index is 13.1. The first kappa shape index (κ1) is 21.3. The van der Waals surface area contributed by atoms with Crippen molar-refractivity contribution >= 4 is 34.0 Å². The van der Waals surface area contributed by atoms with Gasteiger partial charge >= 0.3 is 5.97 Å². The monoisotopic (exact) mass is 421 g/mol. The van der Waals surface area contributed by atoms with E-state index in [9.17, 15) is 9.59 Å². The highest BCUT2D eigenvalue weighted by molar-refractivity contribution is 7.13. The summed E-state index contributed by atoms with van der Waals surface area (Å²) in [6.45, 7) is 8.03. The molecule has 3 aromatic rings. The van der Waals surface area contributed by atoms with Crippen LogP contribution in [0.25, 0.3) is 0 Å². The fourth-order valence-corrected chi connectivity index (χ4v) is 3.44. The van der Waals surface area contributed by atoms with Crippen molar-refractivity contribution in [3.8, 4) is 0 Å². The predicted octanol–water partition coefficient (Wildman–Crippen LogP) is 4.89. The zero-order valence-electron chi connectivity index (χ0n) is 16.8. The van der Waals surface area contributed by atoms with Crippen LogP contribution in [0.1, 0.15) is 33.3 Å². The van der Waals surface area contributed by atoms with Gasteiger partial charge in [-0.25, -0.2) is 9.78 Å². The van der Waals surface area contributed by atoms with Crippen LogP contribution in [0.3, 0.4) is 0 Å². The summed E-state index contributed by atoms with van der Waals surface area (Å²) in [6, 6.07) is 14.7. The number of benzene rings is 2. The number of carbonyl (C=O) groups is 2. The summed E-state index contributed by atoms with van der Waals surface area (Å²) in [6.07, 6.45) is 0.590. The van der Waals surface area contributed by atoms with Crippen molar-refractivity contribution in [2.24, 2.45) is 0 Å². The molecule has 0 radical (unpaired) electrons. The highest BCUT2D eigenvalue weighted by Gasteiger charge is 2.27. The Bertz CT molecular complexity index is 1050. The molecule has 0 bridgehead atoms. The largest absolute Gasteiger partial charge is 0.443 e. The van der Waals surface area contributed by atoms with E-state index < -0.39 is 18.0 Å². The first-order valence-corrected chi connectivity index (χ1v) is 10.3. The zero-order valence-corrected chi connectivity index (χ0v) is 17.7. The van der Waals surface area contributed by atoms with E-state index in [0.29, 0.717) is 22.9 Å². The van der Waals surface area contributed by atoms with E-state index in [4.69, 9.17) is 4.74 Å². The van der Waals surface area contributed by atoms with Crippen molar-refractivity contribution < 1.29 is 14.3 Å². The fourth-order valence-electron chi connectivity index (χ4n) is 2.75. The summed E-state index contributed by atoms with van der Waals surface area (Å²) in [7, 11) is 0. The van der Waals surface area contributed by atoms with Gasteiger partial charge in [-0.1, -0.05) is 48.5 Å². The summed E-state index contributed by atoms with van der Waals surface area (Å²) in [5.41, 5.74) is 3.35. The minimum absolute atomic E-state index is 0.145. The van der Waals surface area contributed by atoms with Crippen LogP contribution in [0.15, 0.2) is 66.6 Å². The Hall–Kier alpha value is -3.45. The van der Waals surface area contributed by atoms with Gasteiger partial charge in [0.05, 0.1) is 0 Å². The quantitative estimate of drug-likeness (QED) is 0.400. The lowest BCUT2D eigenvalue weighted by atomic mass is 10.1. The summed E-state index contributed by atoms with van der Waals surface area (Å²) in [5.74, 6) is -1.09. The van der Waals surface area contributed by atoms with Crippen molar-refractivity contribution in [1.82, 2.24) is 4.98 Å². The molecule has 0 saturated heterocycles. The van der Waals surface area contributed by atoms with Gasteiger partial charge in [-0.3, -0.25) is 4.79 Å². The van der Waals surface area contributed by atoms with Crippen molar-refractivity contribution in [2.75, 3.05) is 17.2 Å². The van der Waals surface area contributed by atoms with Crippen LogP contribution in [0, 0.1) is 13.8 Å². The number of aromatic nitrogens is 1. The highest BCUT2D eigenvalue weighted by Crippen LogP contribution is 2.24. The van der Waals surface area contributed by atoms with Crippen LogP contribution >= 0.6 is 11.3 Å². The minimum Gasteiger partial charge on any atom is -0.443 e. The van der Waals surface area contributed by atoms with E-state index >= 15 is 0 Å². The third-order valence-electron chi connectivity index (χ3n) is 4.33. The van der Waals surface area contributed by atoms with Crippen molar-refractivity contribution in [1.29, 1.82) is 0 Å². The number of hydrogen-bond acceptors (Lipinski definition) is 6. The Morgan fingerprint density at radius 1 is 1.20 bits per heavy atom. The topological polar surface area (TPSA) is 80.3 Å². The molecule has 30 heavy (non-hydrogen) atoms. The summed E-state index contributed by atoms with van der Waals surface area (Å²) < 4.78 is 5.59. The average Bonchev–Trinajstić information content (AvgIpc) is 3.22. The third kappa shape index (κ3) is 5.33. The molecule has 1 atom stereocenters. The molecule has 7 heteroatoms. The lowest BCUT2D eigenvalue weighted by Crippen LogP contribution is -2.26. The molecule has 0 spiro atoms. The number of aryl methyl sites for hydroxylation is 2. The molecule has 0 aliphatic heterocycles. The second kappa shape index (κ2) is 9.84. The SMILES string of the molecule is C=CCNc1nc(C(=O)OC(C(=O)Nc2cc(C)ccc2C)c2ccccc2)cs1. The van der Waals surface area contributed by atoms with Gasteiger partial charge in [-0.15, -0.1) is 17.9 Å². The van der Waals surface area contributed by atoms with E-state index in [1.165, 1.54) is 11.3 Å². The van der Waals surface area contributed by atoms with E-state index in [0.717, 1.165) is 11.1 Å². The molecule has 1 aromatic heterocycles. The van der Waals surface area contributed by atoms with Gasteiger partial charge in [-0.05, 0) is 31.0 Å². The number of ether oxygens (including phenoxy) is 1. The third-order valence-corrected chi connectivity index (χ3v) is 5.13. The summed E-state index contributed by atoms with van der Waals surface area (Å²) >= 11 is 1.28. The number of nitrogens with zero attached hydrogens (tertiary/aromatic N) is 1. The van der Waals surface area contributed by atoms with Crippen molar-refractivity contribution in [3.63, 3.8) is 0 Å². The van der Waals surface area contributed by atoms with Crippen molar-refractivity contribution in [2.45, 2.75) is 20.0 Å². The summed E-state index contributed by atoms with van der Waals surface area (Å²) in [5, 5.41) is 8.08. The maximum absolute atomic E-state index is 13.1. The Kier molecular flexibility index (Phi) is 6.98.